The molecule has 1 aromatic rings. The normalized spacial score (nSPS) is 33.0. The molecule has 0 amide bonds. The zero-order chi connectivity index (χ0) is 12.4. The van der Waals surface area contributed by atoms with Gasteiger partial charge in [0.05, 0.1) is 23.9 Å². The summed E-state index contributed by atoms with van der Waals surface area (Å²) in [6, 6.07) is 4.47. The largest absolute Gasteiger partial charge is 0.397 e. The topological polar surface area (TPSA) is 62.7 Å². The minimum atomic E-state index is 0.189. The van der Waals surface area contributed by atoms with Gasteiger partial charge < -0.3 is 5.73 Å². The van der Waals surface area contributed by atoms with Gasteiger partial charge in [-0.1, -0.05) is 13.8 Å². The number of nitrogens with zero attached hydrogens (tertiary/aromatic N) is 2. The van der Waals surface area contributed by atoms with E-state index in [2.05, 4.69) is 24.9 Å². The van der Waals surface area contributed by atoms with Crippen molar-refractivity contribution in [1.29, 1.82) is 5.26 Å². The fourth-order valence-electron chi connectivity index (χ4n) is 3.15. The van der Waals surface area contributed by atoms with Crippen LogP contribution in [0.4, 0.5) is 5.69 Å². The molecule has 0 aromatic carbocycles. The van der Waals surface area contributed by atoms with Crippen molar-refractivity contribution in [1.82, 2.24) is 4.98 Å². The number of nitrogen functional groups attached to an aromatic ring is 1. The van der Waals surface area contributed by atoms with Gasteiger partial charge in [0.2, 0.25) is 0 Å². The number of pyridine rings is 1. The van der Waals surface area contributed by atoms with Crippen molar-refractivity contribution in [3.8, 4) is 6.07 Å². The molecule has 17 heavy (non-hydrogen) atoms. The summed E-state index contributed by atoms with van der Waals surface area (Å²) >= 11 is 0. The maximum atomic E-state index is 9.16. The van der Waals surface area contributed by atoms with Gasteiger partial charge in [-0.2, -0.15) is 5.26 Å². The smallest absolute Gasteiger partial charge is 0.0661 e. The Balaban J connectivity index is 2.21. The van der Waals surface area contributed by atoms with Gasteiger partial charge in [0.25, 0.3) is 0 Å². The summed E-state index contributed by atoms with van der Waals surface area (Å²) in [5.41, 5.74) is 7.97. The molecule has 1 fully saturated rings. The van der Waals surface area contributed by atoms with Crippen molar-refractivity contribution in [2.45, 2.75) is 32.6 Å². The fraction of sp³-hybridized carbons (Fsp3) is 0.571. The second-order valence-electron chi connectivity index (χ2n) is 5.28. The van der Waals surface area contributed by atoms with Crippen LogP contribution in [0.15, 0.2) is 18.5 Å². The Labute approximate surface area is 103 Å². The van der Waals surface area contributed by atoms with Gasteiger partial charge in [-0.25, -0.2) is 0 Å². The molecule has 3 heteroatoms. The van der Waals surface area contributed by atoms with Gasteiger partial charge >= 0.3 is 0 Å². The lowest BCUT2D eigenvalue weighted by molar-refractivity contribution is 0.206. The van der Waals surface area contributed by atoms with E-state index in [1.165, 1.54) is 5.56 Å². The molecule has 0 spiro atoms. The summed E-state index contributed by atoms with van der Waals surface area (Å²) in [5, 5.41) is 9.16. The van der Waals surface area contributed by atoms with Gasteiger partial charge in [-0.15, -0.1) is 0 Å². The summed E-state index contributed by atoms with van der Waals surface area (Å²) in [4.78, 5) is 4.03. The van der Waals surface area contributed by atoms with Gasteiger partial charge in [0.15, 0.2) is 0 Å². The molecule has 0 unspecified atom stereocenters. The van der Waals surface area contributed by atoms with Crippen molar-refractivity contribution >= 4 is 5.69 Å². The quantitative estimate of drug-likeness (QED) is 0.805. The number of nitriles is 1. The van der Waals surface area contributed by atoms with Gasteiger partial charge in [-0.3, -0.25) is 4.98 Å². The molecule has 1 heterocycles. The van der Waals surface area contributed by atoms with Crippen LogP contribution in [0.3, 0.4) is 0 Å². The summed E-state index contributed by atoms with van der Waals surface area (Å²) in [7, 11) is 0. The number of nitrogens with two attached hydrogens (primary N) is 1. The summed E-state index contributed by atoms with van der Waals surface area (Å²) in [6.07, 6.45) is 5.63. The Kier molecular flexibility index (Phi) is 3.33. The van der Waals surface area contributed by atoms with Crippen LogP contribution < -0.4 is 5.73 Å². The van der Waals surface area contributed by atoms with Crippen LogP contribution in [0.2, 0.25) is 0 Å². The molecule has 3 nitrogen and oxygen atoms in total. The molecule has 2 rings (SSSR count). The first-order valence-electron chi connectivity index (χ1n) is 6.22. The molecule has 2 N–H and O–H groups in total. The van der Waals surface area contributed by atoms with Crippen LogP contribution in [0.5, 0.6) is 0 Å². The van der Waals surface area contributed by atoms with Crippen LogP contribution in [0.1, 0.15) is 38.2 Å². The lowest BCUT2D eigenvalue weighted by Crippen LogP contribution is -2.28. The zero-order valence-electron chi connectivity index (χ0n) is 10.4. The van der Waals surface area contributed by atoms with E-state index in [0.717, 1.165) is 18.5 Å². The molecular formula is C14H19N3. The first-order valence-corrected chi connectivity index (χ1v) is 6.22. The van der Waals surface area contributed by atoms with Crippen LogP contribution >= 0.6 is 0 Å². The molecule has 1 aliphatic carbocycles. The van der Waals surface area contributed by atoms with Crippen molar-refractivity contribution in [3.63, 3.8) is 0 Å². The second kappa shape index (κ2) is 4.75. The zero-order valence-corrected chi connectivity index (χ0v) is 10.4. The molecule has 1 aromatic heterocycles. The van der Waals surface area contributed by atoms with E-state index < -0.39 is 0 Å². The predicted octanol–water partition coefficient (Wildman–Crippen LogP) is 2.95. The summed E-state index contributed by atoms with van der Waals surface area (Å²) < 4.78 is 0. The second-order valence-corrected chi connectivity index (χ2v) is 5.28. The Morgan fingerprint density at radius 2 is 2.00 bits per heavy atom. The molecule has 4 atom stereocenters. The van der Waals surface area contributed by atoms with E-state index in [0.29, 0.717) is 17.8 Å². The van der Waals surface area contributed by atoms with Crippen LogP contribution in [0.25, 0.3) is 0 Å². The Bertz CT molecular complexity index is 423. The number of hydrogen-bond acceptors (Lipinski definition) is 3. The van der Waals surface area contributed by atoms with Crippen molar-refractivity contribution in [3.05, 3.63) is 24.0 Å². The van der Waals surface area contributed by atoms with Crippen molar-refractivity contribution in [2.75, 3.05) is 5.73 Å². The number of hydrogen-bond donors (Lipinski definition) is 1. The number of aromatic nitrogens is 1. The number of rotatable bonds is 1. The molecule has 90 valence electrons. The highest BCUT2D eigenvalue weighted by atomic mass is 14.7. The molecule has 1 aliphatic rings. The Morgan fingerprint density at radius 3 is 2.53 bits per heavy atom. The van der Waals surface area contributed by atoms with E-state index in [9.17, 15) is 0 Å². The average molecular weight is 229 g/mol. The SMILES string of the molecule is C[C@@H]1C[C@H](c2ccncc2N)C[C@H](C)[C@@H]1C#N. The molecule has 0 bridgehead atoms. The monoisotopic (exact) mass is 229 g/mol. The third-order valence-corrected chi connectivity index (χ3v) is 4.01. The molecular weight excluding hydrogens is 210 g/mol. The lowest BCUT2D eigenvalue weighted by atomic mass is 9.68. The van der Waals surface area contributed by atoms with Crippen LogP contribution in [-0.2, 0) is 0 Å². The summed E-state index contributed by atoms with van der Waals surface area (Å²) in [6.45, 7) is 4.35. The highest BCUT2D eigenvalue weighted by molar-refractivity contribution is 5.46. The maximum Gasteiger partial charge on any atom is 0.0661 e. The Hall–Kier alpha value is -1.56. The van der Waals surface area contributed by atoms with E-state index >= 15 is 0 Å². The Morgan fingerprint density at radius 1 is 1.35 bits per heavy atom. The van der Waals surface area contributed by atoms with E-state index in [1.54, 1.807) is 12.4 Å². The molecule has 0 saturated heterocycles. The predicted molar refractivity (Wildman–Crippen MR) is 68.1 cm³/mol. The van der Waals surface area contributed by atoms with Crippen molar-refractivity contribution < 1.29 is 0 Å². The summed E-state index contributed by atoms with van der Waals surface area (Å²) in [5.74, 6) is 1.56. The minimum Gasteiger partial charge on any atom is -0.397 e. The first-order chi connectivity index (χ1) is 8.13. The number of anilines is 1. The van der Waals surface area contributed by atoms with Crippen LogP contribution in [0, 0.1) is 29.1 Å². The molecule has 0 radical (unpaired) electrons. The van der Waals surface area contributed by atoms with Crippen LogP contribution in [-0.4, -0.2) is 4.98 Å². The van der Waals surface area contributed by atoms with Gasteiger partial charge in [0, 0.05) is 6.20 Å². The lowest BCUT2D eigenvalue weighted by Gasteiger charge is -2.36. The van der Waals surface area contributed by atoms with E-state index in [-0.39, 0.29) is 5.92 Å². The van der Waals surface area contributed by atoms with Gasteiger partial charge in [-0.05, 0) is 42.2 Å². The highest BCUT2D eigenvalue weighted by Crippen LogP contribution is 2.43. The average Bonchev–Trinajstić information content (AvgIpc) is 2.29. The third kappa shape index (κ3) is 2.26. The van der Waals surface area contributed by atoms with E-state index in [1.807, 2.05) is 6.07 Å². The van der Waals surface area contributed by atoms with E-state index in [4.69, 9.17) is 11.0 Å². The fourth-order valence-corrected chi connectivity index (χ4v) is 3.15. The standard InChI is InChI=1S/C14H19N3/c1-9-5-11(6-10(2)13(9)7-15)12-3-4-17-8-14(12)16/h3-4,8-11,13H,5-6,16H2,1-2H3/t9-,10+,11+,13-. The molecule has 1 saturated carbocycles. The minimum absolute atomic E-state index is 0.189. The molecule has 0 aliphatic heterocycles. The third-order valence-electron chi connectivity index (χ3n) is 4.01. The van der Waals surface area contributed by atoms with Crippen molar-refractivity contribution in [2.24, 2.45) is 17.8 Å². The highest BCUT2D eigenvalue weighted by Gasteiger charge is 2.34. The first kappa shape index (κ1) is 11.9. The van der Waals surface area contributed by atoms with Gasteiger partial charge in [0.1, 0.15) is 0 Å². The maximum absolute atomic E-state index is 9.16.